The molecule has 112 valence electrons. The molecular formula is C15H23ClN2O2. The molecule has 3 N–H and O–H groups in total. The SMILES string of the molecule is Cc1cccc(OC(C)C(=O)NC(CN)C2CC2)c1.Cl. The van der Waals surface area contributed by atoms with Gasteiger partial charge in [-0.2, -0.15) is 0 Å². The molecule has 0 heterocycles. The van der Waals surface area contributed by atoms with Gasteiger partial charge in [0.25, 0.3) is 5.91 Å². The zero-order chi connectivity index (χ0) is 13.8. The molecule has 1 amide bonds. The lowest BCUT2D eigenvalue weighted by atomic mass is 10.2. The molecule has 0 saturated heterocycles. The molecule has 5 heteroatoms. The van der Waals surface area contributed by atoms with Crippen molar-refractivity contribution in [1.82, 2.24) is 5.32 Å². The Bertz CT molecular complexity index is 449. The standard InChI is InChI=1S/C15H22N2O2.ClH/c1-10-4-3-5-13(8-10)19-11(2)15(18)17-14(9-16)12-6-7-12;/h3-5,8,11-12,14H,6-7,9,16H2,1-2H3,(H,17,18);1H. The first-order valence-electron chi connectivity index (χ1n) is 6.84. The highest BCUT2D eigenvalue weighted by Crippen LogP contribution is 2.32. The molecule has 0 spiro atoms. The predicted molar refractivity (Wildman–Crippen MR) is 82.2 cm³/mol. The molecule has 2 unspecified atom stereocenters. The molecule has 1 aliphatic rings. The van der Waals surface area contributed by atoms with Crippen LogP contribution in [0, 0.1) is 12.8 Å². The number of nitrogens with two attached hydrogens (primary N) is 1. The largest absolute Gasteiger partial charge is 0.481 e. The number of halogens is 1. The van der Waals surface area contributed by atoms with Gasteiger partial charge in [-0.3, -0.25) is 4.79 Å². The van der Waals surface area contributed by atoms with Crippen LogP contribution in [-0.4, -0.2) is 24.6 Å². The van der Waals surface area contributed by atoms with Gasteiger partial charge in [-0.1, -0.05) is 12.1 Å². The fraction of sp³-hybridized carbons (Fsp3) is 0.533. The highest BCUT2D eigenvalue weighted by molar-refractivity contribution is 5.85. The maximum atomic E-state index is 12.0. The van der Waals surface area contributed by atoms with Crippen molar-refractivity contribution in [3.05, 3.63) is 29.8 Å². The second kappa shape index (κ2) is 7.50. The smallest absolute Gasteiger partial charge is 0.261 e. The van der Waals surface area contributed by atoms with Crippen molar-refractivity contribution >= 4 is 18.3 Å². The molecule has 0 aromatic heterocycles. The van der Waals surface area contributed by atoms with E-state index < -0.39 is 6.10 Å². The van der Waals surface area contributed by atoms with E-state index in [1.807, 2.05) is 31.2 Å². The van der Waals surface area contributed by atoms with Crippen molar-refractivity contribution in [1.29, 1.82) is 0 Å². The van der Waals surface area contributed by atoms with Gasteiger partial charge in [0.15, 0.2) is 6.10 Å². The molecule has 1 aromatic rings. The first-order valence-corrected chi connectivity index (χ1v) is 6.84. The monoisotopic (exact) mass is 298 g/mol. The fourth-order valence-corrected chi connectivity index (χ4v) is 2.11. The molecule has 0 radical (unpaired) electrons. The van der Waals surface area contributed by atoms with Crippen molar-refractivity contribution in [2.75, 3.05) is 6.54 Å². The van der Waals surface area contributed by atoms with Crippen LogP contribution in [0.4, 0.5) is 0 Å². The van der Waals surface area contributed by atoms with Crippen LogP contribution in [0.25, 0.3) is 0 Å². The summed E-state index contributed by atoms with van der Waals surface area (Å²) in [4.78, 5) is 12.0. The van der Waals surface area contributed by atoms with E-state index in [0.29, 0.717) is 12.5 Å². The van der Waals surface area contributed by atoms with E-state index >= 15 is 0 Å². The Labute approximate surface area is 126 Å². The van der Waals surface area contributed by atoms with E-state index in [1.54, 1.807) is 6.92 Å². The normalized spacial score (nSPS) is 16.8. The number of aryl methyl sites for hydroxylation is 1. The van der Waals surface area contributed by atoms with Gasteiger partial charge in [0.05, 0.1) is 0 Å². The molecule has 1 aromatic carbocycles. The Balaban J connectivity index is 0.00000200. The summed E-state index contributed by atoms with van der Waals surface area (Å²) in [7, 11) is 0. The summed E-state index contributed by atoms with van der Waals surface area (Å²) in [5.74, 6) is 1.18. The van der Waals surface area contributed by atoms with E-state index in [-0.39, 0.29) is 24.4 Å². The first kappa shape index (κ1) is 16.8. The third kappa shape index (κ3) is 4.69. The van der Waals surface area contributed by atoms with Crippen LogP contribution in [0.2, 0.25) is 0 Å². The van der Waals surface area contributed by atoms with Crippen LogP contribution < -0.4 is 15.8 Å². The van der Waals surface area contributed by atoms with Crippen LogP contribution in [0.3, 0.4) is 0 Å². The van der Waals surface area contributed by atoms with Gasteiger partial charge in [-0.05, 0) is 50.3 Å². The number of nitrogens with one attached hydrogen (secondary N) is 1. The summed E-state index contributed by atoms with van der Waals surface area (Å²) in [6.07, 6.45) is 1.82. The first-order chi connectivity index (χ1) is 9.10. The number of amides is 1. The average molecular weight is 299 g/mol. The molecule has 20 heavy (non-hydrogen) atoms. The maximum absolute atomic E-state index is 12.0. The summed E-state index contributed by atoms with van der Waals surface area (Å²) >= 11 is 0. The fourth-order valence-electron chi connectivity index (χ4n) is 2.11. The number of ether oxygens (including phenoxy) is 1. The Morgan fingerprint density at radius 3 is 2.75 bits per heavy atom. The van der Waals surface area contributed by atoms with Crippen LogP contribution in [0.1, 0.15) is 25.3 Å². The number of carbonyl (C=O) groups is 1. The summed E-state index contributed by atoms with van der Waals surface area (Å²) in [5.41, 5.74) is 6.79. The van der Waals surface area contributed by atoms with Crippen molar-refractivity contribution in [3.8, 4) is 5.75 Å². The van der Waals surface area contributed by atoms with E-state index in [1.165, 1.54) is 0 Å². The minimum atomic E-state index is -0.505. The van der Waals surface area contributed by atoms with Gasteiger partial charge in [-0.25, -0.2) is 0 Å². The highest BCUT2D eigenvalue weighted by atomic mass is 35.5. The van der Waals surface area contributed by atoms with E-state index in [2.05, 4.69) is 5.32 Å². The Morgan fingerprint density at radius 1 is 1.50 bits per heavy atom. The molecule has 2 rings (SSSR count). The topological polar surface area (TPSA) is 64.3 Å². The second-order valence-corrected chi connectivity index (χ2v) is 5.26. The van der Waals surface area contributed by atoms with Gasteiger partial charge in [0.2, 0.25) is 0 Å². The lowest BCUT2D eigenvalue weighted by Gasteiger charge is -2.20. The Kier molecular flexibility index (Phi) is 6.30. The van der Waals surface area contributed by atoms with Crippen molar-refractivity contribution in [3.63, 3.8) is 0 Å². The number of hydrogen-bond acceptors (Lipinski definition) is 3. The van der Waals surface area contributed by atoms with Gasteiger partial charge >= 0.3 is 0 Å². The van der Waals surface area contributed by atoms with E-state index in [9.17, 15) is 4.79 Å². The zero-order valence-corrected chi connectivity index (χ0v) is 12.8. The van der Waals surface area contributed by atoms with Crippen LogP contribution in [0.15, 0.2) is 24.3 Å². The third-order valence-corrected chi connectivity index (χ3v) is 3.44. The molecule has 2 atom stereocenters. The molecular weight excluding hydrogens is 276 g/mol. The third-order valence-electron chi connectivity index (χ3n) is 3.44. The molecule has 1 saturated carbocycles. The van der Waals surface area contributed by atoms with Gasteiger partial charge in [-0.15, -0.1) is 12.4 Å². The van der Waals surface area contributed by atoms with Gasteiger partial charge in [0.1, 0.15) is 5.75 Å². The minimum Gasteiger partial charge on any atom is -0.481 e. The zero-order valence-electron chi connectivity index (χ0n) is 12.0. The van der Waals surface area contributed by atoms with Gasteiger partial charge in [0, 0.05) is 12.6 Å². The molecule has 0 bridgehead atoms. The lowest BCUT2D eigenvalue weighted by Crippen LogP contribution is -2.46. The minimum absolute atomic E-state index is 0. The van der Waals surface area contributed by atoms with Gasteiger partial charge < -0.3 is 15.8 Å². The summed E-state index contributed by atoms with van der Waals surface area (Å²) in [6.45, 7) is 4.25. The summed E-state index contributed by atoms with van der Waals surface area (Å²) < 4.78 is 5.65. The van der Waals surface area contributed by atoms with Crippen LogP contribution >= 0.6 is 12.4 Å². The summed E-state index contributed by atoms with van der Waals surface area (Å²) in [5, 5.41) is 2.97. The van der Waals surface area contributed by atoms with Crippen LogP contribution in [0.5, 0.6) is 5.75 Å². The van der Waals surface area contributed by atoms with E-state index in [4.69, 9.17) is 10.5 Å². The van der Waals surface area contributed by atoms with Crippen molar-refractivity contribution in [2.45, 2.75) is 38.8 Å². The van der Waals surface area contributed by atoms with Crippen molar-refractivity contribution < 1.29 is 9.53 Å². The molecule has 1 aliphatic carbocycles. The number of hydrogen-bond donors (Lipinski definition) is 2. The lowest BCUT2D eigenvalue weighted by molar-refractivity contribution is -0.128. The Morgan fingerprint density at radius 2 is 2.20 bits per heavy atom. The number of rotatable bonds is 6. The number of benzene rings is 1. The predicted octanol–water partition coefficient (Wildman–Crippen LogP) is 2.04. The molecule has 0 aliphatic heterocycles. The highest BCUT2D eigenvalue weighted by Gasteiger charge is 2.32. The molecule has 1 fully saturated rings. The molecule has 4 nitrogen and oxygen atoms in total. The Hall–Kier alpha value is -1.26. The van der Waals surface area contributed by atoms with Crippen LogP contribution in [-0.2, 0) is 4.79 Å². The number of carbonyl (C=O) groups excluding carboxylic acids is 1. The summed E-state index contributed by atoms with van der Waals surface area (Å²) in [6, 6.07) is 7.79. The quantitative estimate of drug-likeness (QED) is 0.845. The van der Waals surface area contributed by atoms with Crippen molar-refractivity contribution in [2.24, 2.45) is 11.7 Å². The second-order valence-electron chi connectivity index (χ2n) is 5.26. The average Bonchev–Trinajstić information content (AvgIpc) is 3.19. The maximum Gasteiger partial charge on any atom is 0.261 e. The van der Waals surface area contributed by atoms with E-state index in [0.717, 1.165) is 24.2 Å².